The SMILES string of the molecule is CCc1ccc(N2C(=S)N[C@H](c3ccccn3)[C@@H]2c2cc(C)n(Cc3ccncc3)c2C)cc1. The Morgan fingerprint density at radius 2 is 1.71 bits per heavy atom. The maximum atomic E-state index is 5.90. The third-order valence-corrected chi connectivity index (χ3v) is 7.06. The van der Waals surface area contributed by atoms with Crippen LogP contribution in [0.4, 0.5) is 5.69 Å². The number of benzene rings is 1. The molecule has 0 unspecified atom stereocenters. The summed E-state index contributed by atoms with van der Waals surface area (Å²) >= 11 is 5.90. The Balaban J connectivity index is 1.61. The standard InChI is InChI=1S/C28H29N5S/c1-4-21-8-10-23(11-9-21)33-27(26(31-28(33)34)25-7-5-6-14-30-25)24-17-19(2)32(20(24)3)18-22-12-15-29-16-13-22/h5-17,26-27H,4,18H2,1-3H3,(H,31,34)/t26-,27+/m1/s1. The first-order chi connectivity index (χ1) is 16.6. The summed E-state index contributed by atoms with van der Waals surface area (Å²) in [4.78, 5) is 11.1. The van der Waals surface area contributed by atoms with Crippen LogP contribution in [0.3, 0.4) is 0 Å². The van der Waals surface area contributed by atoms with Crippen molar-refractivity contribution in [1.82, 2.24) is 19.9 Å². The van der Waals surface area contributed by atoms with E-state index >= 15 is 0 Å². The molecule has 4 aromatic rings. The van der Waals surface area contributed by atoms with E-state index < -0.39 is 0 Å². The molecule has 1 aliphatic rings. The summed E-state index contributed by atoms with van der Waals surface area (Å²) in [6.07, 6.45) is 6.56. The Labute approximate surface area is 206 Å². The van der Waals surface area contributed by atoms with Crippen LogP contribution in [0, 0.1) is 13.8 Å². The van der Waals surface area contributed by atoms with Gasteiger partial charge in [0.2, 0.25) is 0 Å². The fourth-order valence-corrected chi connectivity index (χ4v) is 5.23. The molecule has 4 heterocycles. The van der Waals surface area contributed by atoms with E-state index in [0.717, 1.165) is 29.5 Å². The van der Waals surface area contributed by atoms with Gasteiger partial charge in [0.15, 0.2) is 5.11 Å². The molecular weight excluding hydrogens is 438 g/mol. The van der Waals surface area contributed by atoms with Gasteiger partial charge in [0.25, 0.3) is 0 Å². The molecule has 0 bridgehead atoms. The predicted octanol–water partition coefficient (Wildman–Crippen LogP) is 5.68. The molecule has 6 heteroatoms. The normalized spacial score (nSPS) is 17.7. The van der Waals surface area contributed by atoms with Crippen LogP contribution in [0.25, 0.3) is 0 Å². The van der Waals surface area contributed by atoms with Gasteiger partial charge in [-0.1, -0.05) is 25.1 Å². The summed E-state index contributed by atoms with van der Waals surface area (Å²) in [7, 11) is 0. The summed E-state index contributed by atoms with van der Waals surface area (Å²) < 4.78 is 2.37. The highest BCUT2D eigenvalue weighted by Gasteiger charge is 2.42. The lowest BCUT2D eigenvalue weighted by atomic mass is 9.96. The highest BCUT2D eigenvalue weighted by Crippen LogP contribution is 2.43. The zero-order valence-corrected chi connectivity index (χ0v) is 20.6. The molecule has 0 aliphatic carbocycles. The number of anilines is 1. The van der Waals surface area contributed by atoms with Gasteiger partial charge in [-0.05, 0) is 91.6 Å². The van der Waals surface area contributed by atoms with Crippen molar-refractivity contribution in [2.24, 2.45) is 0 Å². The molecule has 1 aromatic carbocycles. The second kappa shape index (κ2) is 9.39. The Hall–Kier alpha value is -3.51. The van der Waals surface area contributed by atoms with Crippen LogP contribution < -0.4 is 10.2 Å². The maximum absolute atomic E-state index is 5.90. The van der Waals surface area contributed by atoms with Crippen molar-refractivity contribution in [3.63, 3.8) is 0 Å². The summed E-state index contributed by atoms with van der Waals surface area (Å²) in [5.41, 5.74) is 8.35. The second-order valence-corrected chi connectivity index (χ2v) is 9.17. The second-order valence-electron chi connectivity index (χ2n) is 8.78. The largest absolute Gasteiger partial charge is 0.351 e. The number of nitrogens with one attached hydrogen (secondary N) is 1. The maximum Gasteiger partial charge on any atom is 0.174 e. The van der Waals surface area contributed by atoms with Gasteiger partial charge in [0, 0.05) is 42.2 Å². The molecule has 0 amide bonds. The van der Waals surface area contributed by atoms with Crippen molar-refractivity contribution in [2.75, 3.05) is 4.90 Å². The third kappa shape index (κ3) is 4.10. The summed E-state index contributed by atoms with van der Waals surface area (Å²) in [5, 5.41) is 4.30. The molecule has 172 valence electrons. The minimum Gasteiger partial charge on any atom is -0.351 e. The van der Waals surface area contributed by atoms with Crippen LogP contribution in [0.1, 0.15) is 52.8 Å². The van der Waals surface area contributed by atoms with Crippen LogP contribution in [0.15, 0.2) is 79.3 Å². The molecule has 0 saturated carbocycles. The minimum absolute atomic E-state index is 0.00716. The Bertz CT molecular complexity index is 1280. The van der Waals surface area contributed by atoms with Gasteiger partial charge >= 0.3 is 0 Å². The van der Waals surface area contributed by atoms with Crippen molar-refractivity contribution in [3.05, 3.63) is 113 Å². The Morgan fingerprint density at radius 3 is 2.38 bits per heavy atom. The molecule has 3 aromatic heterocycles. The van der Waals surface area contributed by atoms with Gasteiger partial charge in [0.1, 0.15) is 0 Å². The molecule has 0 radical (unpaired) electrons. The van der Waals surface area contributed by atoms with Crippen LogP contribution >= 0.6 is 12.2 Å². The molecule has 1 fully saturated rings. The van der Waals surface area contributed by atoms with E-state index in [1.165, 1.54) is 28.1 Å². The van der Waals surface area contributed by atoms with Crippen LogP contribution in [-0.2, 0) is 13.0 Å². The highest BCUT2D eigenvalue weighted by molar-refractivity contribution is 7.80. The first kappa shape index (κ1) is 22.3. The molecule has 2 atom stereocenters. The number of hydrogen-bond donors (Lipinski definition) is 1. The van der Waals surface area contributed by atoms with Gasteiger partial charge in [-0.2, -0.15) is 0 Å². The summed E-state index contributed by atoms with van der Waals surface area (Å²) in [5.74, 6) is 0. The lowest BCUT2D eigenvalue weighted by molar-refractivity contribution is 0.563. The number of nitrogens with zero attached hydrogens (tertiary/aromatic N) is 4. The van der Waals surface area contributed by atoms with Crippen molar-refractivity contribution in [1.29, 1.82) is 0 Å². The van der Waals surface area contributed by atoms with Gasteiger partial charge in [-0.15, -0.1) is 0 Å². The quantitative estimate of drug-likeness (QED) is 0.370. The molecule has 1 N–H and O–H groups in total. The molecule has 1 aliphatic heterocycles. The zero-order valence-electron chi connectivity index (χ0n) is 19.8. The monoisotopic (exact) mass is 467 g/mol. The zero-order chi connectivity index (χ0) is 23.7. The molecular formula is C28H29N5S. The number of hydrogen-bond acceptors (Lipinski definition) is 3. The lowest BCUT2D eigenvalue weighted by Crippen LogP contribution is -2.29. The van der Waals surface area contributed by atoms with Gasteiger partial charge < -0.3 is 14.8 Å². The van der Waals surface area contributed by atoms with E-state index in [1.807, 2.05) is 30.7 Å². The summed E-state index contributed by atoms with van der Waals surface area (Å²) in [6, 6.07) is 21.2. The van der Waals surface area contributed by atoms with Gasteiger partial charge in [-0.3, -0.25) is 9.97 Å². The van der Waals surface area contributed by atoms with Crippen molar-refractivity contribution >= 4 is 23.0 Å². The summed E-state index contributed by atoms with van der Waals surface area (Å²) in [6.45, 7) is 7.37. The smallest absolute Gasteiger partial charge is 0.174 e. The van der Waals surface area contributed by atoms with E-state index in [0.29, 0.717) is 0 Å². The van der Waals surface area contributed by atoms with Crippen LogP contribution in [0.5, 0.6) is 0 Å². The van der Waals surface area contributed by atoms with E-state index in [2.05, 4.69) is 89.1 Å². The number of pyridine rings is 2. The first-order valence-electron chi connectivity index (χ1n) is 11.7. The average Bonchev–Trinajstić information content (AvgIpc) is 3.36. The Morgan fingerprint density at radius 1 is 0.941 bits per heavy atom. The van der Waals surface area contributed by atoms with Gasteiger partial charge in [-0.25, -0.2) is 0 Å². The number of aryl methyl sites for hydroxylation is 2. The van der Waals surface area contributed by atoms with E-state index in [1.54, 1.807) is 0 Å². The minimum atomic E-state index is -0.0468. The number of rotatable bonds is 6. The fraction of sp³-hybridized carbons (Fsp3) is 0.250. The molecule has 34 heavy (non-hydrogen) atoms. The number of thiocarbonyl (C=S) groups is 1. The average molecular weight is 468 g/mol. The van der Waals surface area contributed by atoms with Crippen molar-refractivity contribution in [3.8, 4) is 0 Å². The molecule has 0 spiro atoms. The van der Waals surface area contributed by atoms with Gasteiger partial charge in [0.05, 0.1) is 17.8 Å². The topological polar surface area (TPSA) is 46.0 Å². The molecule has 5 rings (SSSR count). The Kier molecular flexibility index (Phi) is 6.16. The van der Waals surface area contributed by atoms with E-state index in [-0.39, 0.29) is 12.1 Å². The van der Waals surface area contributed by atoms with Crippen molar-refractivity contribution < 1.29 is 0 Å². The van der Waals surface area contributed by atoms with Crippen molar-refractivity contribution in [2.45, 2.75) is 45.8 Å². The van der Waals surface area contributed by atoms with E-state index in [9.17, 15) is 0 Å². The molecule has 1 saturated heterocycles. The lowest BCUT2D eigenvalue weighted by Gasteiger charge is -2.28. The molecule has 5 nitrogen and oxygen atoms in total. The van der Waals surface area contributed by atoms with E-state index in [4.69, 9.17) is 17.2 Å². The van der Waals surface area contributed by atoms with Crippen LogP contribution in [0.2, 0.25) is 0 Å². The van der Waals surface area contributed by atoms with Crippen LogP contribution in [-0.4, -0.2) is 19.6 Å². The highest BCUT2D eigenvalue weighted by atomic mass is 32.1. The number of aromatic nitrogens is 3. The predicted molar refractivity (Wildman–Crippen MR) is 141 cm³/mol. The fourth-order valence-electron chi connectivity index (χ4n) is 4.88. The first-order valence-corrected chi connectivity index (χ1v) is 12.1. The third-order valence-electron chi connectivity index (χ3n) is 6.74.